The number of imidazole rings is 1. The Balaban J connectivity index is 2.23. The second-order valence-electron chi connectivity index (χ2n) is 4.28. The van der Waals surface area contributed by atoms with Gasteiger partial charge < -0.3 is 5.73 Å². The molecule has 3 rings (SSSR count). The van der Waals surface area contributed by atoms with Crippen molar-refractivity contribution in [2.24, 2.45) is 0 Å². The van der Waals surface area contributed by atoms with E-state index in [1.807, 2.05) is 18.2 Å². The first-order valence-electron chi connectivity index (χ1n) is 6.04. The molecule has 0 aliphatic rings. The number of nitrogens with two attached hydrogens (primary N) is 1. The summed E-state index contributed by atoms with van der Waals surface area (Å²) >= 11 is 3.87. The molecule has 2 aromatic carbocycles. The van der Waals surface area contributed by atoms with Crippen LogP contribution < -0.4 is 5.73 Å². The van der Waals surface area contributed by atoms with Crippen molar-refractivity contribution in [3.8, 4) is 5.69 Å². The van der Waals surface area contributed by atoms with Gasteiger partial charge in [-0.05, 0) is 30.3 Å². The molecule has 0 radical (unpaired) electrons. The van der Waals surface area contributed by atoms with Crippen LogP contribution in [0.2, 0.25) is 0 Å². The second kappa shape index (κ2) is 5.65. The molecule has 3 nitrogen and oxygen atoms in total. The van der Waals surface area contributed by atoms with Gasteiger partial charge in [0.15, 0.2) is 0 Å². The van der Waals surface area contributed by atoms with Gasteiger partial charge in [0.25, 0.3) is 5.76 Å². The van der Waals surface area contributed by atoms with E-state index in [-0.39, 0.29) is 5.95 Å². The van der Waals surface area contributed by atoms with Gasteiger partial charge in [-0.2, -0.15) is 8.78 Å². The average Bonchev–Trinajstić information content (AvgIpc) is 2.74. The monoisotopic (exact) mass is 369 g/mol. The maximum atomic E-state index is 12.7. The Bertz CT molecular complexity index is 804. The molecule has 0 saturated carbocycles. The Morgan fingerprint density at radius 2 is 1.95 bits per heavy atom. The van der Waals surface area contributed by atoms with Gasteiger partial charge in [0.1, 0.15) is 0 Å². The number of halogens is 3. The molecule has 0 aliphatic carbocycles. The first kappa shape index (κ1) is 14.3. The largest absolute Gasteiger partial charge is 0.369 e. The van der Waals surface area contributed by atoms with Crippen LogP contribution in [0.1, 0.15) is 0 Å². The van der Waals surface area contributed by atoms with Crippen molar-refractivity contribution in [3.05, 3.63) is 46.9 Å². The normalized spacial score (nSPS) is 11.4. The molecule has 108 valence electrons. The van der Waals surface area contributed by atoms with E-state index in [9.17, 15) is 8.78 Å². The highest BCUT2D eigenvalue weighted by molar-refractivity contribution is 9.10. The number of aromatic nitrogens is 2. The molecule has 3 aromatic rings. The summed E-state index contributed by atoms with van der Waals surface area (Å²) in [4.78, 5) is 4.74. The summed E-state index contributed by atoms with van der Waals surface area (Å²) in [5, 5.41) is 0. The second-order valence-corrected chi connectivity index (χ2v) is 6.23. The highest BCUT2D eigenvalue weighted by Gasteiger charge is 2.16. The van der Waals surface area contributed by atoms with Crippen LogP contribution in [0.15, 0.2) is 51.8 Å². The van der Waals surface area contributed by atoms with Crippen LogP contribution in [0, 0.1) is 0 Å². The van der Waals surface area contributed by atoms with Gasteiger partial charge in [0, 0.05) is 9.37 Å². The van der Waals surface area contributed by atoms with Crippen molar-refractivity contribution in [2.75, 3.05) is 5.73 Å². The van der Waals surface area contributed by atoms with Crippen LogP contribution >= 0.6 is 27.7 Å². The molecule has 0 amide bonds. The number of hydrogen-bond acceptors (Lipinski definition) is 3. The van der Waals surface area contributed by atoms with Gasteiger partial charge >= 0.3 is 0 Å². The molecule has 0 atom stereocenters. The summed E-state index contributed by atoms with van der Waals surface area (Å²) in [7, 11) is 0. The van der Waals surface area contributed by atoms with E-state index in [4.69, 9.17) is 5.73 Å². The maximum Gasteiger partial charge on any atom is 0.288 e. The molecule has 2 N–H and O–H groups in total. The van der Waals surface area contributed by atoms with Crippen molar-refractivity contribution in [3.63, 3.8) is 0 Å². The van der Waals surface area contributed by atoms with Crippen LogP contribution in [-0.2, 0) is 0 Å². The van der Waals surface area contributed by atoms with Gasteiger partial charge in [-0.1, -0.05) is 39.8 Å². The standard InChI is InChI=1S/C14H10BrF2N3S/c15-8-5-6-10-9(7-8)19-14(18)20(10)11-3-1-2-4-12(11)21-13(16)17/h1-7,13H,(H2,18,19). The Labute approximate surface area is 132 Å². The summed E-state index contributed by atoms with van der Waals surface area (Å²) in [6.07, 6.45) is 0. The van der Waals surface area contributed by atoms with Gasteiger partial charge in [-0.25, -0.2) is 4.98 Å². The van der Waals surface area contributed by atoms with Gasteiger partial charge in [-0.3, -0.25) is 4.57 Å². The van der Waals surface area contributed by atoms with Crippen LogP contribution in [0.4, 0.5) is 14.7 Å². The number of nitrogen functional groups attached to an aromatic ring is 1. The molecule has 21 heavy (non-hydrogen) atoms. The first-order valence-corrected chi connectivity index (χ1v) is 7.71. The van der Waals surface area contributed by atoms with Crippen molar-refractivity contribution in [1.29, 1.82) is 0 Å². The maximum absolute atomic E-state index is 12.7. The number of alkyl halides is 2. The summed E-state index contributed by atoms with van der Waals surface area (Å²) in [5.74, 6) is -2.22. The van der Waals surface area contributed by atoms with Crippen LogP contribution in [0.5, 0.6) is 0 Å². The fourth-order valence-corrected chi connectivity index (χ4v) is 3.14. The zero-order chi connectivity index (χ0) is 15.0. The lowest BCUT2D eigenvalue weighted by Crippen LogP contribution is -2.02. The zero-order valence-electron chi connectivity index (χ0n) is 10.6. The van der Waals surface area contributed by atoms with Crippen molar-refractivity contribution in [1.82, 2.24) is 9.55 Å². The molecule has 1 heterocycles. The minimum atomic E-state index is -2.49. The molecule has 7 heteroatoms. The van der Waals surface area contributed by atoms with E-state index >= 15 is 0 Å². The van der Waals surface area contributed by atoms with Gasteiger partial charge in [0.2, 0.25) is 5.95 Å². The third-order valence-corrected chi connectivity index (χ3v) is 4.24. The molecule has 0 aliphatic heterocycles. The minimum absolute atomic E-state index is 0.269. The Morgan fingerprint density at radius 1 is 1.19 bits per heavy atom. The van der Waals surface area contributed by atoms with Gasteiger partial charge in [0.05, 0.1) is 16.7 Å². The number of anilines is 1. The average molecular weight is 370 g/mol. The van der Waals surface area contributed by atoms with Crippen LogP contribution in [-0.4, -0.2) is 15.3 Å². The number of thioether (sulfide) groups is 1. The predicted molar refractivity (Wildman–Crippen MR) is 85.0 cm³/mol. The summed E-state index contributed by atoms with van der Waals surface area (Å²) in [6.45, 7) is 0. The highest BCUT2D eigenvalue weighted by Crippen LogP contribution is 2.34. The van der Waals surface area contributed by atoms with Crippen molar-refractivity contribution >= 4 is 44.7 Å². The fraction of sp³-hybridized carbons (Fsp3) is 0.0714. The first-order chi connectivity index (χ1) is 10.1. The molecule has 0 unspecified atom stereocenters. The molecule has 0 fully saturated rings. The lowest BCUT2D eigenvalue weighted by atomic mass is 10.3. The number of fused-ring (bicyclic) bond motifs is 1. The van der Waals surface area contributed by atoms with E-state index in [1.54, 1.807) is 28.8 Å². The number of benzene rings is 2. The molecule has 0 bridgehead atoms. The summed E-state index contributed by atoms with van der Waals surface area (Å²) in [5.41, 5.74) is 8.06. The van der Waals surface area contributed by atoms with E-state index in [2.05, 4.69) is 20.9 Å². The molecular formula is C14H10BrF2N3S. The Hall–Kier alpha value is -1.60. The van der Waals surface area contributed by atoms with Crippen molar-refractivity contribution in [2.45, 2.75) is 10.7 Å². The SMILES string of the molecule is Nc1nc2cc(Br)ccc2n1-c1ccccc1SC(F)F. The molecule has 1 aromatic heterocycles. The smallest absolute Gasteiger partial charge is 0.288 e. The van der Waals surface area contributed by atoms with E-state index in [0.717, 1.165) is 9.99 Å². The van der Waals surface area contributed by atoms with Gasteiger partial charge in [-0.15, -0.1) is 0 Å². The van der Waals surface area contributed by atoms with E-state index < -0.39 is 5.76 Å². The molecular weight excluding hydrogens is 360 g/mol. The number of para-hydroxylation sites is 1. The van der Waals surface area contributed by atoms with E-state index in [1.165, 1.54) is 0 Å². The summed E-state index contributed by atoms with van der Waals surface area (Å²) < 4.78 is 28.0. The lowest BCUT2D eigenvalue weighted by molar-refractivity contribution is 0.252. The van der Waals surface area contributed by atoms with Crippen molar-refractivity contribution < 1.29 is 8.78 Å². The number of rotatable bonds is 3. The zero-order valence-corrected chi connectivity index (χ0v) is 13.0. The Morgan fingerprint density at radius 3 is 2.71 bits per heavy atom. The topological polar surface area (TPSA) is 43.8 Å². The third kappa shape index (κ3) is 2.75. The highest BCUT2D eigenvalue weighted by atomic mass is 79.9. The van der Waals surface area contributed by atoms with Crippen LogP contribution in [0.25, 0.3) is 16.7 Å². The molecule has 0 saturated heterocycles. The minimum Gasteiger partial charge on any atom is -0.369 e. The Kier molecular flexibility index (Phi) is 3.86. The third-order valence-electron chi connectivity index (χ3n) is 2.96. The fourth-order valence-electron chi connectivity index (χ4n) is 2.16. The number of hydrogen-bond donors (Lipinski definition) is 1. The predicted octanol–water partition coefficient (Wildman–Crippen LogP) is 4.68. The summed E-state index contributed by atoms with van der Waals surface area (Å²) in [6, 6.07) is 12.5. The quantitative estimate of drug-likeness (QED) is 0.681. The number of nitrogens with zero attached hydrogens (tertiary/aromatic N) is 2. The van der Waals surface area contributed by atoms with Crippen LogP contribution in [0.3, 0.4) is 0 Å². The lowest BCUT2D eigenvalue weighted by Gasteiger charge is -2.11. The van der Waals surface area contributed by atoms with E-state index in [0.29, 0.717) is 27.9 Å². The molecule has 0 spiro atoms.